The number of carbonyl (C=O) groups excluding carboxylic acids is 2. The maximum absolute atomic E-state index is 12.6. The molecule has 2 aromatic rings. The van der Waals surface area contributed by atoms with Gasteiger partial charge in [0.25, 0.3) is 11.8 Å². The van der Waals surface area contributed by atoms with E-state index in [1.54, 1.807) is 6.07 Å². The molecule has 1 aromatic heterocycles. The Morgan fingerprint density at radius 2 is 1.88 bits per heavy atom. The van der Waals surface area contributed by atoms with Crippen LogP contribution in [0.4, 0.5) is 13.2 Å². The van der Waals surface area contributed by atoms with Crippen molar-refractivity contribution in [3.05, 3.63) is 56.8 Å². The van der Waals surface area contributed by atoms with E-state index < -0.39 is 29.8 Å². The highest BCUT2D eigenvalue weighted by Gasteiger charge is 2.33. The Balaban J connectivity index is 1.84. The van der Waals surface area contributed by atoms with Gasteiger partial charge in [-0.1, -0.05) is 0 Å². The number of alkyl halides is 3. The molecule has 0 fully saturated rings. The summed E-state index contributed by atoms with van der Waals surface area (Å²) in [6.45, 7) is 0.183. The van der Waals surface area contributed by atoms with E-state index in [1.807, 2.05) is 0 Å². The number of halogens is 3. The Bertz CT molecular complexity index is 830. The number of nitrogens with two attached hydrogens (primary N) is 1. The standard InChI is InChI=1S/C16H13F3N2O3S/c17-16(18,19)10-3-1-8(2-4-10)14(23)21-6-5-9-7-11(13(20)22)25-12(9)15(21)24/h1-4,7,15,24H,5-6H2,(H2,20,22)/t15-/m1/s1. The first kappa shape index (κ1) is 17.4. The van der Waals surface area contributed by atoms with Gasteiger partial charge in [-0.15, -0.1) is 11.3 Å². The highest BCUT2D eigenvalue weighted by molar-refractivity contribution is 7.14. The molecule has 2 amide bonds. The third kappa shape index (κ3) is 3.24. The third-order valence-electron chi connectivity index (χ3n) is 3.96. The predicted octanol–water partition coefficient (Wildman–Crippen LogP) is 2.56. The first-order valence-electron chi connectivity index (χ1n) is 7.27. The molecular formula is C16H13F3N2O3S. The lowest BCUT2D eigenvalue weighted by Gasteiger charge is -2.32. The molecule has 0 saturated carbocycles. The topological polar surface area (TPSA) is 83.6 Å². The van der Waals surface area contributed by atoms with E-state index in [0.717, 1.165) is 46.1 Å². The molecule has 1 aromatic carbocycles. The fraction of sp³-hybridized carbons (Fsp3) is 0.250. The molecule has 5 nitrogen and oxygen atoms in total. The van der Waals surface area contributed by atoms with Crippen molar-refractivity contribution in [1.29, 1.82) is 0 Å². The van der Waals surface area contributed by atoms with E-state index in [9.17, 15) is 27.9 Å². The van der Waals surface area contributed by atoms with Crippen molar-refractivity contribution in [2.45, 2.75) is 18.8 Å². The molecule has 0 saturated heterocycles. The number of primary amides is 1. The van der Waals surface area contributed by atoms with Crippen LogP contribution >= 0.6 is 11.3 Å². The average Bonchev–Trinajstić information content (AvgIpc) is 2.99. The summed E-state index contributed by atoms with van der Waals surface area (Å²) >= 11 is 1.01. The lowest BCUT2D eigenvalue weighted by atomic mass is 10.0. The summed E-state index contributed by atoms with van der Waals surface area (Å²) in [4.78, 5) is 25.7. The van der Waals surface area contributed by atoms with E-state index in [1.165, 1.54) is 0 Å². The molecule has 0 spiro atoms. The summed E-state index contributed by atoms with van der Waals surface area (Å²) in [7, 11) is 0. The van der Waals surface area contributed by atoms with Crippen molar-refractivity contribution in [3.8, 4) is 0 Å². The zero-order valence-corrected chi connectivity index (χ0v) is 13.5. The molecule has 9 heteroatoms. The Hall–Kier alpha value is -2.39. The molecule has 2 heterocycles. The van der Waals surface area contributed by atoms with Crippen LogP contribution in [0.3, 0.4) is 0 Å². The number of fused-ring (bicyclic) bond motifs is 1. The zero-order valence-electron chi connectivity index (χ0n) is 12.7. The SMILES string of the molecule is NC(=O)c1cc2c(s1)[C@@H](O)N(C(=O)c1ccc(C(F)(F)F)cc1)CC2. The Labute approximate surface area is 144 Å². The second-order valence-electron chi connectivity index (χ2n) is 5.56. The van der Waals surface area contributed by atoms with Gasteiger partial charge < -0.3 is 15.7 Å². The fourth-order valence-electron chi connectivity index (χ4n) is 2.66. The quantitative estimate of drug-likeness (QED) is 0.852. The van der Waals surface area contributed by atoms with E-state index in [0.29, 0.717) is 11.3 Å². The average molecular weight is 370 g/mol. The van der Waals surface area contributed by atoms with Crippen LogP contribution in [0, 0.1) is 0 Å². The van der Waals surface area contributed by atoms with E-state index in [2.05, 4.69) is 0 Å². The first-order chi connectivity index (χ1) is 11.7. The van der Waals surface area contributed by atoms with Crippen molar-refractivity contribution < 1.29 is 27.9 Å². The van der Waals surface area contributed by atoms with Gasteiger partial charge in [-0.3, -0.25) is 9.59 Å². The van der Waals surface area contributed by atoms with E-state index >= 15 is 0 Å². The minimum Gasteiger partial charge on any atom is -0.368 e. The van der Waals surface area contributed by atoms with Crippen molar-refractivity contribution >= 4 is 23.2 Å². The van der Waals surface area contributed by atoms with Gasteiger partial charge in [-0.25, -0.2) is 0 Å². The van der Waals surface area contributed by atoms with Crippen LogP contribution in [0.15, 0.2) is 30.3 Å². The number of nitrogens with zero attached hydrogens (tertiary/aromatic N) is 1. The number of amides is 2. The van der Waals surface area contributed by atoms with Gasteiger partial charge in [0.15, 0.2) is 6.23 Å². The molecular weight excluding hydrogens is 357 g/mol. The summed E-state index contributed by atoms with van der Waals surface area (Å²) in [6, 6.07) is 5.40. The molecule has 0 unspecified atom stereocenters. The predicted molar refractivity (Wildman–Crippen MR) is 84.0 cm³/mol. The summed E-state index contributed by atoms with van der Waals surface area (Å²) in [5, 5.41) is 10.4. The number of rotatable bonds is 2. The molecule has 1 aliphatic rings. The molecule has 0 radical (unpaired) electrons. The highest BCUT2D eigenvalue weighted by Crippen LogP contribution is 2.36. The maximum atomic E-state index is 12.6. The third-order valence-corrected chi connectivity index (χ3v) is 5.19. The lowest BCUT2D eigenvalue weighted by molar-refractivity contribution is -0.137. The number of benzene rings is 1. The molecule has 132 valence electrons. The molecule has 0 bridgehead atoms. The van der Waals surface area contributed by atoms with Crippen LogP contribution in [0.1, 0.15) is 42.3 Å². The molecule has 25 heavy (non-hydrogen) atoms. The molecule has 1 atom stereocenters. The van der Waals surface area contributed by atoms with Crippen LogP contribution < -0.4 is 5.73 Å². The van der Waals surface area contributed by atoms with Crippen LogP contribution in [0.2, 0.25) is 0 Å². The number of hydrogen-bond donors (Lipinski definition) is 2. The summed E-state index contributed by atoms with van der Waals surface area (Å²) < 4.78 is 37.8. The van der Waals surface area contributed by atoms with Gasteiger partial charge in [0, 0.05) is 12.1 Å². The van der Waals surface area contributed by atoms with Gasteiger partial charge in [0.1, 0.15) is 0 Å². The van der Waals surface area contributed by atoms with Gasteiger partial charge in [0.05, 0.1) is 15.3 Å². The van der Waals surface area contributed by atoms with Crippen molar-refractivity contribution in [3.63, 3.8) is 0 Å². The van der Waals surface area contributed by atoms with Crippen LogP contribution in [0.25, 0.3) is 0 Å². The van der Waals surface area contributed by atoms with Crippen LogP contribution in [-0.2, 0) is 12.6 Å². The second-order valence-corrected chi connectivity index (χ2v) is 6.65. The number of carbonyl (C=O) groups is 2. The Kier molecular flexibility index (Phi) is 4.29. The summed E-state index contributed by atoms with van der Waals surface area (Å²) in [5.41, 5.74) is 5.15. The fourth-order valence-corrected chi connectivity index (χ4v) is 3.73. The Morgan fingerprint density at radius 1 is 1.24 bits per heavy atom. The van der Waals surface area contributed by atoms with Gasteiger partial charge >= 0.3 is 6.18 Å². The van der Waals surface area contributed by atoms with Crippen LogP contribution in [-0.4, -0.2) is 28.4 Å². The van der Waals surface area contributed by atoms with Gasteiger partial charge in [0.2, 0.25) is 0 Å². The van der Waals surface area contributed by atoms with Crippen molar-refractivity contribution in [2.75, 3.05) is 6.54 Å². The van der Waals surface area contributed by atoms with Crippen molar-refractivity contribution in [1.82, 2.24) is 4.90 Å². The highest BCUT2D eigenvalue weighted by atomic mass is 32.1. The Morgan fingerprint density at radius 3 is 2.44 bits per heavy atom. The smallest absolute Gasteiger partial charge is 0.368 e. The molecule has 1 aliphatic heterocycles. The first-order valence-corrected chi connectivity index (χ1v) is 8.09. The molecule has 3 N–H and O–H groups in total. The lowest BCUT2D eigenvalue weighted by Crippen LogP contribution is -2.39. The van der Waals surface area contributed by atoms with Crippen molar-refractivity contribution in [2.24, 2.45) is 5.73 Å². The van der Waals surface area contributed by atoms with Gasteiger partial charge in [-0.2, -0.15) is 13.2 Å². The minimum absolute atomic E-state index is 0.0437. The number of aliphatic hydroxyl groups is 1. The number of aliphatic hydroxyl groups excluding tert-OH is 1. The summed E-state index contributed by atoms with van der Waals surface area (Å²) in [5.74, 6) is -1.20. The van der Waals surface area contributed by atoms with Crippen LogP contribution in [0.5, 0.6) is 0 Å². The maximum Gasteiger partial charge on any atom is 0.416 e. The summed E-state index contributed by atoms with van der Waals surface area (Å²) in [6.07, 6.45) is -5.33. The number of thiophene rings is 1. The normalized spacial score (nSPS) is 17.3. The zero-order chi connectivity index (χ0) is 18.4. The monoisotopic (exact) mass is 370 g/mol. The number of hydrogen-bond acceptors (Lipinski definition) is 4. The molecule has 0 aliphatic carbocycles. The van der Waals surface area contributed by atoms with E-state index in [4.69, 9.17) is 5.73 Å². The minimum atomic E-state index is -4.48. The van der Waals surface area contributed by atoms with Gasteiger partial charge in [-0.05, 0) is 42.3 Å². The second kappa shape index (κ2) is 6.16. The van der Waals surface area contributed by atoms with E-state index in [-0.39, 0.29) is 17.0 Å². The largest absolute Gasteiger partial charge is 0.416 e. The molecule has 3 rings (SSSR count).